The summed E-state index contributed by atoms with van der Waals surface area (Å²) < 4.78 is 5.34. The lowest BCUT2D eigenvalue weighted by Gasteiger charge is -2.18. The lowest BCUT2D eigenvalue weighted by atomic mass is 10.1. The highest BCUT2D eigenvalue weighted by Crippen LogP contribution is 2.17. The lowest BCUT2D eigenvalue weighted by molar-refractivity contribution is -0.139. The second kappa shape index (κ2) is 11.9. The number of rotatable bonds is 9. The van der Waals surface area contributed by atoms with Gasteiger partial charge in [0, 0.05) is 13.0 Å². The van der Waals surface area contributed by atoms with Crippen LogP contribution in [0.25, 0.3) is 0 Å². The fraction of sp³-hybridized carbons (Fsp3) is 0.240. The molecule has 0 saturated heterocycles. The van der Waals surface area contributed by atoms with Crippen LogP contribution in [-0.4, -0.2) is 35.7 Å². The topological polar surface area (TPSA) is 117 Å². The highest BCUT2D eigenvalue weighted by Gasteiger charge is 2.22. The molecule has 0 unspecified atom stereocenters. The third-order valence-electron chi connectivity index (χ3n) is 5.08. The molecule has 0 aliphatic carbocycles. The van der Waals surface area contributed by atoms with E-state index in [1.807, 2.05) is 12.2 Å². The smallest absolute Gasteiger partial charge is 0.418 e. The molecule has 4 N–H and O–H groups in total. The number of benzene rings is 2. The molecule has 3 rings (SSSR count). The zero-order valence-corrected chi connectivity index (χ0v) is 19.4. The van der Waals surface area contributed by atoms with Gasteiger partial charge in [0.2, 0.25) is 0 Å². The number of allylic oxidation sites excluding steroid dienone is 2. The van der Waals surface area contributed by atoms with Crippen molar-refractivity contribution >= 4 is 29.6 Å². The molecule has 2 aromatic carbocycles. The summed E-state index contributed by atoms with van der Waals surface area (Å²) in [5.41, 5.74) is 1.84. The molecule has 0 fully saturated rings. The van der Waals surface area contributed by atoms with E-state index in [0.717, 1.165) is 18.4 Å². The normalized spacial score (nSPS) is 13.6. The molecule has 0 saturated carbocycles. The molecule has 34 heavy (non-hydrogen) atoms. The number of nitrogens with one attached hydrogen (secondary N) is 3. The fourth-order valence-corrected chi connectivity index (χ4v) is 3.63. The standard InChI is InChI=1S/C25H26ClN3O5/c1-2-6-17-7-5-14-27-22(17)29-25(33)34-18-12-10-16(11-13-18)15-21(24(31)32)28-23(30)19-8-3-4-9-20(19)26/h3-5,7-13,21,27H,2,6,14-15H2,1H3,(H,28,30)(H,29,33)(H,31,32)/t21-/m0/s1. The minimum Gasteiger partial charge on any atom is -0.480 e. The Bertz CT molecular complexity index is 1110. The molecule has 0 bridgehead atoms. The molecule has 8 nitrogen and oxygen atoms in total. The van der Waals surface area contributed by atoms with Crippen LogP contribution in [0.5, 0.6) is 5.75 Å². The van der Waals surface area contributed by atoms with E-state index in [-0.39, 0.29) is 17.0 Å². The Morgan fingerprint density at radius 2 is 1.88 bits per heavy atom. The van der Waals surface area contributed by atoms with Crippen molar-refractivity contribution in [2.24, 2.45) is 0 Å². The van der Waals surface area contributed by atoms with Crippen molar-refractivity contribution in [3.63, 3.8) is 0 Å². The summed E-state index contributed by atoms with van der Waals surface area (Å²) in [6.45, 7) is 2.68. The Morgan fingerprint density at radius 3 is 2.56 bits per heavy atom. The van der Waals surface area contributed by atoms with Gasteiger partial charge in [-0.1, -0.05) is 61.4 Å². The molecule has 1 heterocycles. The minimum atomic E-state index is -1.18. The van der Waals surface area contributed by atoms with Crippen LogP contribution >= 0.6 is 11.6 Å². The fourth-order valence-electron chi connectivity index (χ4n) is 3.41. The number of carbonyl (C=O) groups excluding carboxylic acids is 2. The number of hydrogen-bond acceptors (Lipinski definition) is 5. The van der Waals surface area contributed by atoms with Gasteiger partial charge < -0.3 is 20.5 Å². The molecule has 0 spiro atoms. The molecule has 9 heteroatoms. The van der Waals surface area contributed by atoms with Gasteiger partial charge in [0.1, 0.15) is 17.6 Å². The Morgan fingerprint density at radius 1 is 1.15 bits per heavy atom. The summed E-state index contributed by atoms with van der Waals surface area (Å²) in [7, 11) is 0. The zero-order valence-electron chi connectivity index (χ0n) is 18.6. The van der Waals surface area contributed by atoms with Crippen molar-refractivity contribution in [3.05, 3.63) is 88.2 Å². The van der Waals surface area contributed by atoms with Crippen molar-refractivity contribution in [1.29, 1.82) is 0 Å². The first-order valence-corrected chi connectivity index (χ1v) is 11.2. The summed E-state index contributed by atoms with van der Waals surface area (Å²) in [4.78, 5) is 36.4. The van der Waals surface area contributed by atoms with E-state index in [4.69, 9.17) is 16.3 Å². The van der Waals surface area contributed by atoms with E-state index in [2.05, 4.69) is 22.9 Å². The molecule has 1 atom stereocenters. The van der Waals surface area contributed by atoms with E-state index in [9.17, 15) is 19.5 Å². The molecule has 0 aromatic heterocycles. The van der Waals surface area contributed by atoms with Gasteiger partial charge in [-0.05, 0) is 41.8 Å². The predicted molar refractivity (Wildman–Crippen MR) is 129 cm³/mol. The maximum absolute atomic E-state index is 12.4. The Kier molecular flexibility index (Phi) is 8.70. The summed E-state index contributed by atoms with van der Waals surface area (Å²) in [5, 5.41) is 18.1. The van der Waals surface area contributed by atoms with Crippen molar-refractivity contribution in [1.82, 2.24) is 16.0 Å². The van der Waals surface area contributed by atoms with Crippen LogP contribution in [0.2, 0.25) is 5.02 Å². The van der Waals surface area contributed by atoms with Crippen LogP contribution in [-0.2, 0) is 11.2 Å². The minimum absolute atomic E-state index is 0.0432. The first-order valence-electron chi connectivity index (χ1n) is 10.9. The number of carbonyl (C=O) groups is 3. The summed E-state index contributed by atoms with van der Waals surface area (Å²) in [6.07, 6.45) is 5.15. The maximum atomic E-state index is 12.4. The van der Waals surface area contributed by atoms with Crippen molar-refractivity contribution < 1.29 is 24.2 Å². The Labute approximate surface area is 202 Å². The van der Waals surface area contributed by atoms with E-state index in [1.54, 1.807) is 42.5 Å². The molecule has 1 aliphatic heterocycles. The van der Waals surface area contributed by atoms with E-state index in [1.165, 1.54) is 6.07 Å². The Balaban J connectivity index is 1.60. The number of amides is 2. The number of halogens is 1. The zero-order chi connectivity index (χ0) is 24.5. The Hall–Kier alpha value is -3.78. The largest absolute Gasteiger partial charge is 0.480 e. The predicted octanol–water partition coefficient (Wildman–Crippen LogP) is 4.03. The molecule has 2 aromatic rings. The average molecular weight is 484 g/mol. The first kappa shape index (κ1) is 24.9. The second-order valence-electron chi connectivity index (χ2n) is 7.64. The van der Waals surface area contributed by atoms with Gasteiger partial charge in [-0.2, -0.15) is 0 Å². The summed E-state index contributed by atoms with van der Waals surface area (Å²) in [6, 6.07) is 11.7. The molecular formula is C25H26ClN3O5. The molecular weight excluding hydrogens is 458 g/mol. The van der Waals surface area contributed by atoms with Crippen LogP contribution in [0.4, 0.5) is 4.79 Å². The van der Waals surface area contributed by atoms with E-state index < -0.39 is 24.0 Å². The third kappa shape index (κ3) is 6.86. The van der Waals surface area contributed by atoms with Gasteiger partial charge in [-0.25, -0.2) is 9.59 Å². The van der Waals surface area contributed by atoms with Gasteiger partial charge in [-0.3, -0.25) is 10.1 Å². The van der Waals surface area contributed by atoms with Crippen LogP contribution in [0.15, 0.2) is 72.1 Å². The highest BCUT2D eigenvalue weighted by atomic mass is 35.5. The van der Waals surface area contributed by atoms with Crippen molar-refractivity contribution in [2.75, 3.05) is 6.54 Å². The van der Waals surface area contributed by atoms with Crippen LogP contribution < -0.4 is 20.7 Å². The molecule has 178 valence electrons. The number of ether oxygens (including phenoxy) is 1. The number of hydrogen-bond donors (Lipinski definition) is 4. The number of carboxylic acid groups (broad SMARTS) is 1. The van der Waals surface area contributed by atoms with Crippen LogP contribution in [0, 0.1) is 0 Å². The average Bonchev–Trinajstić information content (AvgIpc) is 2.81. The number of aliphatic carboxylic acids is 1. The van der Waals surface area contributed by atoms with Gasteiger partial charge in [0.05, 0.1) is 10.6 Å². The first-order chi connectivity index (χ1) is 16.4. The molecule has 1 aliphatic rings. The third-order valence-corrected chi connectivity index (χ3v) is 5.41. The van der Waals surface area contributed by atoms with E-state index >= 15 is 0 Å². The summed E-state index contributed by atoms with van der Waals surface area (Å²) >= 11 is 6.02. The monoisotopic (exact) mass is 483 g/mol. The van der Waals surface area contributed by atoms with Crippen LogP contribution in [0.3, 0.4) is 0 Å². The quantitative estimate of drug-likeness (QED) is 0.428. The van der Waals surface area contributed by atoms with Crippen molar-refractivity contribution in [2.45, 2.75) is 32.2 Å². The van der Waals surface area contributed by atoms with Gasteiger partial charge in [-0.15, -0.1) is 0 Å². The molecule has 2 amide bonds. The maximum Gasteiger partial charge on any atom is 0.418 e. The van der Waals surface area contributed by atoms with Gasteiger partial charge >= 0.3 is 12.1 Å². The van der Waals surface area contributed by atoms with E-state index in [0.29, 0.717) is 23.7 Å². The van der Waals surface area contributed by atoms with Crippen LogP contribution in [0.1, 0.15) is 35.7 Å². The van der Waals surface area contributed by atoms with Gasteiger partial charge in [0.25, 0.3) is 5.91 Å². The highest BCUT2D eigenvalue weighted by molar-refractivity contribution is 6.33. The summed E-state index contributed by atoms with van der Waals surface area (Å²) in [5.74, 6) is -0.815. The van der Waals surface area contributed by atoms with Crippen molar-refractivity contribution in [3.8, 4) is 5.75 Å². The second-order valence-corrected chi connectivity index (χ2v) is 8.05. The number of carboxylic acids is 1. The SMILES string of the molecule is CCCC1=C(NC(=O)Oc2ccc(C[C@H](NC(=O)c3ccccc3Cl)C(=O)O)cc2)NCC=C1. The van der Waals surface area contributed by atoms with Gasteiger partial charge in [0.15, 0.2) is 0 Å². The molecule has 0 radical (unpaired) electrons. The number of dihydropyridines is 1. The lowest BCUT2D eigenvalue weighted by Crippen LogP contribution is -2.42.